The molecule has 1 saturated heterocycles. The van der Waals surface area contributed by atoms with Crippen LogP contribution in [0.4, 0.5) is 11.4 Å². The molecule has 0 saturated carbocycles. The van der Waals surface area contributed by atoms with Gasteiger partial charge in [-0.15, -0.1) is 0 Å². The Bertz CT molecular complexity index is 856. The zero-order valence-electron chi connectivity index (χ0n) is 16.0. The highest BCUT2D eigenvalue weighted by molar-refractivity contribution is 6.31. The highest BCUT2D eigenvalue weighted by Crippen LogP contribution is 2.32. The zero-order chi connectivity index (χ0) is 19.6. The van der Waals surface area contributed by atoms with Gasteiger partial charge in [-0.05, 0) is 48.6 Å². The highest BCUT2D eigenvalue weighted by Gasteiger charge is 2.36. The lowest BCUT2D eigenvalue weighted by Gasteiger charge is -2.20. The fraction of sp³-hybridized carbons (Fsp3) is 0.364. The van der Waals surface area contributed by atoms with Crippen LogP contribution in [0.1, 0.15) is 37.0 Å². The highest BCUT2D eigenvalue weighted by atomic mass is 35.5. The van der Waals surface area contributed by atoms with E-state index in [1.807, 2.05) is 37.3 Å². The van der Waals surface area contributed by atoms with Gasteiger partial charge >= 0.3 is 0 Å². The predicted octanol–water partition coefficient (Wildman–Crippen LogP) is 4.76. The van der Waals surface area contributed by atoms with E-state index in [1.54, 1.807) is 11.0 Å². The van der Waals surface area contributed by atoms with Crippen molar-refractivity contribution in [3.8, 4) is 0 Å². The van der Waals surface area contributed by atoms with E-state index in [0.29, 0.717) is 11.6 Å². The van der Waals surface area contributed by atoms with Gasteiger partial charge < -0.3 is 10.2 Å². The van der Waals surface area contributed by atoms with Crippen LogP contribution in [0.25, 0.3) is 0 Å². The van der Waals surface area contributed by atoms with Gasteiger partial charge in [0.1, 0.15) is 0 Å². The second-order valence-electron chi connectivity index (χ2n) is 6.94. The number of aryl methyl sites for hydroxylation is 2. The third-order valence-electron chi connectivity index (χ3n) is 5.27. The van der Waals surface area contributed by atoms with E-state index < -0.39 is 0 Å². The number of hydrogen-bond donors (Lipinski definition) is 1. The Morgan fingerprint density at radius 3 is 2.41 bits per heavy atom. The first-order chi connectivity index (χ1) is 13.0. The van der Waals surface area contributed by atoms with Crippen LogP contribution in [0, 0.1) is 12.8 Å². The Morgan fingerprint density at radius 2 is 1.78 bits per heavy atom. The summed E-state index contributed by atoms with van der Waals surface area (Å²) >= 11 is 6.20. The molecular formula is C22H25ClN2O2. The Kier molecular flexibility index (Phi) is 5.85. The number of halogens is 1. The molecule has 1 aliphatic rings. The Labute approximate surface area is 165 Å². The van der Waals surface area contributed by atoms with Gasteiger partial charge in [-0.1, -0.05) is 49.7 Å². The first-order valence-corrected chi connectivity index (χ1v) is 9.81. The quantitative estimate of drug-likeness (QED) is 0.807. The van der Waals surface area contributed by atoms with Crippen molar-refractivity contribution in [3.63, 3.8) is 0 Å². The number of carbonyl (C=O) groups excluding carboxylic acids is 2. The minimum atomic E-state index is -0.370. The topological polar surface area (TPSA) is 49.4 Å². The summed E-state index contributed by atoms with van der Waals surface area (Å²) in [4.78, 5) is 27.1. The van der Waals surface area contributed by atoms with Crippen LogP contribution < -0.4 is 10.2 Å². The number of para-hydroxylation sites is 1. The van der Waals surface area contributed by atoms with Gasteiger partial charge in [0.2, 0.25) is 11.8 Å². The van der Waals surface area contributed by atoms with Crippen LogP contribution in [0.5, 0.6) is 0 Å². The van der Waals surface area contributed by atoms with E-state index in [9.17, 15) is 9.59 Å². The third-order valence-corrected chi connectivity index (χ3v) is 5.68. The molecule has 1 atom stereocenters. The standard InChI is InChI=1S/C22H25ClN2O2/c1-4-15-8-6-9-16(5-2)21(15)24-22(27)17-12-20(26)25(13-17)19-11-7-10-18(23)14(19)3/h6-11,17H,4-5,12-13H2,1-3H3,(H,24,27)/t17-/m1/s1. The van der Waals surface area contributed by atoms with E-state index in [4.69, 9.17) is 11.6 Å². The van der Waals surface area contributed by atoms with Gasteiger partial charge in [0, 0.05) is 29.4 Å². The van der Waals surface area contributed by atoms with E-state index in [1.165, 1.54) is 0 Å². The fourth-order valence-electron chi connectivity index (χ4n) is 3.63. The van der Waals surface area contributed by atoms with Crippen molar-refractivity contribution in [2.45, 2.75) is 40.0 Å². The number of amides is 2. The molecular weight excluding hydrogens is 360 g/mol. The van der Waals surface area contributed by atoms with Crippen molar-refractivity contribution < 1.29 is 9.59 Å². The molecule has 27 heavy (non-hydrogen) atoms. The van der Waals surface area contributed by atoms with E-state index in [-0.39, 0.29) is 24.2 Å². The van der Waals surface area contributed by atoms with Crippen molar-refractivity contribution >= 4 is 34.8 Å². The van der Waals surface area contributed by atoms with Crippen LogP contribution in [-0.4, -0.2) is 18.4 Å². The largest absolute Gasteiger partial charge is 0.325 e. The molecule has 142 valence electrons. The fourth-order valence-corrected chi connectivity index (χ4v) is 3.80. The summed E-state index contributed by atoms with van der Waals surface area (Å²) in [5.74, 6) is -0.508. The van der Waals surface area contributed by atoms with Crippen molar-refractivity contribution in [2.24, 2.45) is 5.92 Å². The molecule has 3 rings (SSSR count). The summed E-state index contributed by atoms with van der Waals surface area (Å²) in [6.45, 7) is 6.42. The maximum absolute atomic E-state index is 12.9. The van der Waals surface area contributed by atoms with Crippen LogP contribution in [-0.2, 0) is 22.4 Å². The molecule has 0 aromatic heterocycles. The number of rotatable bonds is 5. The van der Waals surface area contributed by atoms with Crippen LogP contribution in [0.3, 0.4) is 0 Å². The molecule has 1 N–H and O–H groups in total. The van der Waals surface area contributed by atoms with Gasteiger partial charge in [0.05, 0.1) is 5.92 Å². The molecule has 1 heterocycles. The third kappa shape index (κ3) is 3.86. The van der Waals surface area contributed by atoms with Crippen molar-refractivity contribution in [1.29, 1.82) is 0 Å². The molecule has 4 nitrogen and oxygen atoms in total. The SMILES string of the molecule is CCc1cccc(CC)c1NC(=O)[C@@H]1CC(=O)N(c2cccc(Cl)c2C)C1. The number of anilines is 2. The molecule has 1 fully saturated rings. The Balaban J connectivity index is 1.80. The summed E-state index contributed by atoms with van der Waals surface area (Å²) in [6.07, 6.45) is 1.91. The summed E-state index contributed by atoms with van der Waals surface area (Å²) < 4.78 is 0. The van der Waals surface area contributed by atoms with Gasteiger partial charge in [0.25, 0.3) is 0 Å². The van der Waals surface area contributed by atoms with Crippen molar-refractivity contribution in [3.05, 3.63) is 58.1 Å². The molecule has 0 bridgehead atoms. The summed E-state index contributed by atoms with van der Waals surface area (Å²) in [5.41, 5.74) is 4.78. The second-order valence-corrected chi connectivity index (χ2v) is 7.34. The molecule has 1 aliphatic heterocycles. The summed E-state index contributed by atoms with van der Waals surface area (Å²) in [6, 6.07) is 11.6. The van der Waals surface area contributed by atoms with Crippen molar-refractivity contribution in [1.82, 2.24) is 0 Å². The molecule has 0 spiro atoms. The lowest BCUT2D eigenvalue weighted by molar-refractivity contribution is -0.122. The van der Waals surface area contributed by atoms with Crippen molar-refractivity contribution in [2.75, 3.05) is 16.8 Å². The number of nitrogens with one attached hydrogen (secondary N) is 1. The molecule has 5 heteroatoms. The summed E-state index contributed by atoms with van der Waals surface area (Å²) in [7, 11) is 0. The number of benzene rings is 2. The average molecular weight is 385 g/mol. The summed E-state index contributed by atoms with van der Waals surface area (Å²) in [5, 5.41) is 3.72. The lowest BCUT2D eigenvalue weighted by atomic mass is 10.0. The minimum absolute atomic E-state index is 0.0417. The molecule has 2 amide bonds. The van der Waals surface area contributed by atoms with E-state index in [2.05, 4.69) is 19.2 Å². The maximum Gasteiger partial charge on any atom is 0.229 e. The first kappa shape index (κ1) is 19.4. The molecule has 2 aromatic rings. The molecule has 0 unspecified atom stereocenters. The van der Waals surface area contributed by atoms with E-state index in [0.717, 1.165) is 40.9 Å². The Morgan fingerprint density at radius 1 is 1.15 bits per heavy atom. The zero-order valence-corrected chi connectivity index (χ0v) is 16.8. The molecule has 0 aliphatic carbocycles. The number of carbonyl (C=O) groups is 2. The monoisotopic (exact) mass is 384 g/mol. The second kappa shape index (κ2) is 8.13. The first-order valence-electron chi connectivity index (χ1n) is 9.43. The lowest BCUT2D eigenvalue weighted by Crippen LogP contribution is -2.29. The normalized spacial score (nSPS) is 16.7. The predicted molar refractivity (Wildman–Crippen MR) is 110 cm³/mol. The minimum Gasteiger partial charge on any atom is -0.325 e. The molecule has 0 radical (unpaired) electrons. The maximum atomic E-state index is 12.9. The molecule has 2 aromatic carbocycles. The Hall–Kier alpha value is -2.33. The number of hydrogen-bond acceptors (Lipinski definition) is 2. The van der Waals surface area contributed by atoms with E-state index >= 15 is 0 Å². The van der Waals surface area contributed by atoms with Crippen LogP contribution >= 0.6 is 11.6 Å². The van der Waals surface area contributed by atoms with Crippen LogP contribution in [0.2, 0.25) is 5.02 Å². The number of nitrogens with zero attached hydrogens (tertiary/aromatic N) is 1. The van der Waals surface area contributed by atoms with Gasteiger partial charge in [-0.2, -0.15) is 0 Å². The van der Waals surface area contributed by atoms with Crippen LogP contribution in [0.15, 0.2) is 36.4 Å². The van der Waals surface area contributed by atoms with Gasteiger partial charge in [0.15, 0.2) is 0 Å². The van der Waals surface area contributed by atoms with Gasteiger partial charge in [-0.3, -0.25) is 9.59 Å². The average Bonchev–Trinajstić information content (AvgIpc) is 3.05. The van der Waals surface area contributed by atoms with Gasteiger partial charge in [-0.25, -0.2) is 0 Å². The smallest absolute Gasteiger partial charge is 0.229 e.